The molecule has 66 valence electrons. The van der Waals surface area contributed by atoms with E-state index in [1.807, 2.05) is 0 Å². The van der Waals surface area contributed by atoms with Gasteiger partial charge in [0.1, 0.15) is 0 Å². The molecule has 1 rings (SSSR count). The van der Waals surface area contributed by atoms with Crippen molar-refractivity contribution in [1.29, 1.82) is 0 Å². The maximum atomic E-state index is 12.2. The molecule has 0 atom stereocenters. The van der Waals surface area contributed by atoms with E-state index in [4.69, 9.17) is 0 Å². The van der Waals surface area contributed by atoms with Crippen molar-refractivity contribution in [1.82, 2.24) is 4.98 Å². The Bertz CT molecular complexity index is 348. The van der Waals surface area contributed by atoms with E-state index in [1.165, 1.54) is 6.07 Å². The molecule has 0 unspecified atom stereocenters. The normalized spacial score (nSPS) is 10.8. The molecule has 1 aromatic heterocycles. The molecule has 1 heterocycles. The van der Waals surface area contributed by atoms with Crippen molar-refractivity contribution in [3.05, 3.63) is 31.2 Å². The van der Waals surface area contributed by atoms with Crippen molar-refractivity contribution < 1.29 is 8.78 Å². The number of aromatic amines is 1. The van der Waals surface area contributed by atoms with Gasteiger partial charge in [-0.3, -0.25) is 4.79 Å². The van der Waals surface area contributed by atoms with Gasteiger partial charge in [0.15, 0.2) is 0 Å². The molecule has 0 radical (unpaired) electrons. The number of alkyl halides is 2. The lowest BCUT2D eigenvalue weighted by molar-refractivity contribution is 0.145. The lowest BCUT2D eigenvalue weighted by atomic mass is 10.2. The molecule has 0 aliphatic heterocycles. The zero-order chi connectivity index (χ0) is 9.30. The van der Waals surface area contributed by atoms with Crippen molar-refractivity contribution in [3.63, 3.8) is 0 Å². The molecule has 5 heteroatoms. The van der Waals surface area contributed by atoms with Gasteiger partial charge in [-0.25, -0.2) is 8.78 Å². The highest BCUT2D eigenvalue weighted by molar-refractivity contribution is 14.1. The molecule has 0 spiro atoms. The predicted molar refractivity (Wildman–Crippen MR) is 49.5 cm³/mol. The Labute approximate surface area is 81.1 Å². The third kappa shape index (κ3) is 1.82. The monoisotopic (exact) mass is 285 g/mol. The average molecular weight is 285 g/mol. The molecule has 1 N–H and O–H groups in total. The minimum absolute atomic E-state index is 0.291. The fraction of sp³-hybridized carbons (Fsp3) is 0.286. The molecule has 0 bridgehead atoms. The highest BCUT2D eigenvalue weighted by Crippen LogP contribution is 2.19. The Morgan fingerprint density at radius 2 is 2.17 bits per heavy atom. The Kier molecular flexibility index (Phi) is 2.81. The van der Waals surface area contributed by atoms with E-state index in [1.54, 1.807) is 29.5 Å². The van der Waals surface area contributed by atoms with Crippen molar-refractivity contribution in [2.75, 3.05) is 0 Å². The number of aromatic nitrogens is 1. The number of H-pyrrole nitrogens is 1. The number of hydrogen-bond donors (Lipinski definition) is 1. The standard InChI is InChI=1S/C7H6F2INO/c1-3-2-4(10)7(12)11-5(3)6(8)9/h2,6H,1H3,(H,11,12). The van der Waals surface area contributed by atoms with Crippen LogP contribution in [0.1, 0.15) is 17.7 Å². The zero-order valence-corrected chi connectivity index (χ0v) is 8.35. The lowest BCUT2D eigenvalue weighted by Crippen LogP contribution is -2.13. The molecule has 0 saturated carbocycles. The first-order chi connectivity index (χ1) is 5.52. The van der Waals surface area contributed by atoms with Gasteiger partial charge in [-0.15, -0.1) is 0 Å². The second-order valence-electron chi connectivity index (χ2n) is 2.34. The lowest BCUT2D eigenvalue weighted by Gasteiger charge is -2.03. The first-order valence-electron chi connectivity index (χ1n) is 3.20. The maximum absolute atomic E-state index is 12.2. The number of aryl methyl sites for hydroxylation is 1. The van der Waals surface area contributed by atoms with Crippen LogP contribution in [0.2, 0.25) is 0 Å². The van der Waals surface area contributed by atoms with E-state index in [0.29, 0.717) is 9.13 Å². The van der Waals surface area contributed by atoms with Crippen LogP contribution in [0.15, 0.2) is 10.9 Å². The fourth-order valence-corrected chi connectivity index (χ4v) is 1.44. The van der Waals surface area contributed by atoms with Gasteiger partial charge in [0.05, 0.1) is 9.26 Å². The van der Waals surface area contributed by atoms with Crippen LogP contribution in [0, 0.1) is 10.5 Å². The van der Waals surface area contributed by atoms with Crippen LogP contribution in [0.4, 0.5) is 8.78 Å². The second kappa shape index (κ2) is 3.51. The Hall–Kier alpha value is -0.460. The number of hydrogen-bond acceptors (Lipinski definition) is 1. The van der Waals surface area contributed by atoms with E-state index < -0.39 is 12.0 Å². The van der Waals surface area contributed by atoms with E-state index in [-0.39, 0.29) is 5.69 Å². The molecule has 12 heavy (non-hydrogen) atoms. The summed E-state index contributed by atoms with van der Waals surface area (Å²) in [5.74, 6) is 0. The molecular formula is C7H6F2INO. The summed E-state index contributed by atoms with van der Waals surface area (Å²) in [6.07, 6.45) is -2.62. The maximum Gasteiger partial charge on any atom is 0.278 e. The third-order valence-electron chi connectivity index (χ3n) is 1.45. The van der Waals surface area contributed by atoms with Crippen LogP contribution in [-0.2, 0) is 0 Å². The van der Waals surface area contributed by atoms with E-state index >= 15 is 0 Å². The van der Waals surface area contributed by atoms with E-state index in [2.05, 4.69) is 4.98 Å². The minimum Gasteiger partial charge on any atom is -0.320 e. The van der Waals surface area contributed by atoms with Crippen molar-refractivity contribution >= 4 is 22.6 Å². The van der Waals surface area contributed by atoms with Crippen LogP contribution < -0.4 is 5.56 Å². The average Bonchev–Trinajstić information content (AvgIpc) is 1.96. The molecule has 1 aromatic rings. The topological polar surface area (TPSA) is 32.9 Å². The summed E-state index contributed by atoms with van der Waals surface area (Å²) in [4.78, 5) is 13.0. The van der Waals surface area contributed by atoms with Gasteiger partial charge in [0, 0.05) is 0 Å². The molecule has 0 aromatic carbocycles. The van der Waals surface area contributed by atoms with Gasteiger partial charge in [0.2, 0.25) is 0 Å². The summed E-state index contributed by atoms with van der Waals surface area (Å²) >= 11 is 1.80. The van der Waals surface area contributed by atoms with Crippen LogP contribution in [-0.4, -0.2) is 4.98 Å². The fourth-order valence-electron chi connectivity index (χ4n) is 0.841. The predicted octanol–water partition coefficient (Wildman–Crippen LogP) is 2.23. The zero-order valence-electron chi connectivity index (χ0n) is 6.20. The smallest absolute Gasteiger partial charge is 0.278 e. The summed E-state index contributed by atoms with van der Waals surface area (Å²) in [6.45, 7) is 1.54. The number of pyridine rings is 1. The van der Waals surface area contributed by atoms with Crippen LogP contribution in [0.5, 0.6) is 0 Å². The van der Waals surface area contributed by atoms with Gasteiger partial charge < -0.3 is 4.98 Å². The largest absolute Gasteiger partial charge is 0.320 e. The molecule has 0 saturated heterocycles. The minimum atomic E-state index is -2.62. The summed E-state index contributed by atoms with van der Waals surface area (Å²) in [5, 5.41) is 0. The summed E-state index contributed by atoms with van der Waals surface area (Å²) in [6, 6.07) is 1.45. The van der Waals surface area contributed by atoms with Crippen LogP contribution in [0.3, 0.4) is 0 Å². The van der Waals surface area contributed by atoms with Gasteiger partial charge in [0.25, 0.3) is 12.0 Å². The van der Waals surface area contributed by atoms with E-state index in [0.717, 1.165) is 0 Å². The highest BCUT2D eigenvalue weighted by Gasteiger charge is 2.12. The molecule has 0 aliphatic rings. The molecule has 0 fully saturated rings. The first kappa shape index (κ1) is 9.63. The SMILES string of the molecule is Cc1cc(I)c(=O)[nH]c1C(F)F. The van der Waals surface area contributed by atoms with Crippen molar-refractivity contribution in [3.8, 4) is 0 Å². The van der Waals surface area contributed by atoms with Crippen molar-refractivity contribution in [2.24, 2.45) is 0 Å². The Morgan fingerprint density at radius 3 is 2.67 bits per heavy atom. The van der Waals surface area contributed by atoms with Gasteiger partial charge >= 0.3 is 0 Å². The Morgan fingerprint density at radius 1 is 1.58 bits per heavy atom. The number of halogens is 3. The molecule has 2 nitrogen and oxygen atoms in total. The first-order valence-corrected chi connectivity index (χ1v) is 4.27. The third-order valence-corrected chi connectivity index (χ3v) is 2.25. The quantitative estimate of drug-likeness (QED) is 0.788. The van der Waals surface area contributed by atoms with Gasteiger partial charge in [-0.2, -0.15) is 0 Å². The number of rotatable bonds is 1. The van der Waals surface area contributed by atoms with Gasteiger partial charge in [-0.05, 0) is 41.1 Å². The molecular weight excluding hydrogens is 279 g/mol. The summed E-state index contributed by atoms with van der Waals surface area (Å²) in [7, 11) is 0. The summed E-state index contributed by atoms with van der Waals surface area (Å²) in [5.41, 5.74) is -0.342. The van der Waals surface area contributed by atoms with Crippen LogP contribution in [0.25, 0.3) is 0 Å². The highest BCUT2D eigenvalue weighted by atomic mass is 127. The van der Waals surface area contributed by atoms with Crippen LogP contribution >= 0.6 is 22.6 Å². The van der Waals surface area contributed by atoms with Gasteiger partial charge in [-0.1, -0.05) is 0 Å². The number of nitrogens with one attached hydrogen (secondary N) is 1. The molecule has 0 aliphatic carbocycles. The van der Waals surface area contributed by atoms with E-state index in [9.17, 15) is 13.6 Å². The second-order valence-corrected chi connectivity index (χ2v) is 3.51. The Balaban J connectivity index is 3.33. The van der Waals surface area contributed by atoms with Crippen molar-refractivity contribution in [2.45, 2.75) is 13.3 Å². The summed E-state index contributed by atoms with van der Waals surface area (Å²) < 4.78 is 24.8. The molecule has 0 amide bonds.